The number of piperidine rings is 1. The van der Waals surface area contributed by atoms with Crippen LogP contribution in [-0.4, -0.2) is 31.6 Å². The number of amides is 1. The Bertz CT molecular complexity index is 557. The third-order valence-electron chi connectivity index (χ3n) is 3.34. The van der Waals surface area contributed by atoms with Crippen molar-refractivity contribution in [3.05, 3.63) is 26.6 Å². The van der Waals surface area contributed by atoms with E-state index >= 15 is 0 Å². The largest absolute Gasteiger partial charge is 0.465 e. The van der Waals surface area contributed by atoms with Crippen molar-refractivity contribution in [3.8, 4) is 0 Å². The number of carbonyl (C=O) groups is 2. The first kappa shape index (κ1) is 16.5. The molecule has 1 aliphatic rings. The highest BCUT2D eigenvalue weighted by molar-refractivity contribution is 9.11. The van der Waals surface area contributed by atoms with Crippen molar-refractivity contribution in [2.24, 2.45) is 0 Å². The van der Waals surface area contributed by atoms with Crippen LogP contribution in [0.5, 0.6) is 0 Å². The minimum atomic E-state index is -0.496. The molecule has 1 aliphatic heterocycles. The summed E-state index contributed by atoms with van der Waals surface area (Å²) in [5.74, 6) is -0.633. The number of carbonyl (C=O) groups excluding carboxylic acids is 2. The molecule has 1 atom stereocenters. The molecule has 1 amide bonds. The Kier molecular flexibility index (Phi) is 5.78. The molecular formula is C14H16Br2N2O3. The van der Waals surface area contributed by atoms with Gasteiger partial charge in [0.25, 0.3) is 0 Å². The lowest BCUT2D eigenvalue weighted by Gasteiger charge is -2.23. The average Bonchev–Trinajstić information content (AvgIpc) is 2.49. The summed E-state index contributed by atoms with van der Waals surface area (Å²) >= 11 is 6.70. The molecule has 2 N–H and O–H groups in total. The summed E-state index contributed by atoms with van der Waals surface area (Å²) in [7, 11) is 1.31. The highest BCUT2D eigenvalue weighted by Gasteiger charge is 2.24. The van der Waals surface area contributed by atoms with E-state index in [0.29, 0.717) is 15.7 Å². The summed E-state index contributed by atoms with van der Waals surface area (Å²) < 4.78 is 6.12. The molecule has 1 fully saturated rings. The Morgan fingerprint density at radius 3 is 2.71 bits per heavy atom. The van der Waals surface area contributed by atoms with Gasteiger partial charge in [-0.3, -0.25) is 4.79 Å². The van der Waals surface area contributed by atoms with Crippen LogP contribution < -0.4 is 10.6 Å². The van der Waals surface area contributed by atoms with E-state index in [1.54, 1.807) is 12.1 Å². The maximum absolute atomic E-state index is 12.3. The van der Waals surface area contributed by atoms with Crippen LogP contribution in [0.3, 0.4) is 0 Å². The second kappa shape index (κ2) is 7.38. The molecule has 1 aromatic carbocycles. The molecule has 0 saturated carbocycles. The molecule has 0 aliphatic carbocycles. The Morgan fingerprint density at radius 2 is 2.10 bits per heavy atom. The molecule has 0 spiro atoms. The fourth-order valence-corrected chi connectivity index (χ4v) is 3.58. The van der Waals surface area contributed by atoms with E-state index in [4.69, 9.17) is 4.74 Å². The maximum Gasteiger partial charge on any atom is 0.340 e. The van der Waals surface area contributed by atoms with E-state index in [1.165, 1.54) is 7.11 Å². The van der Waals surface area contributed by atoms with Gasteiger partial charge in [-0.15, -0.1) is 0 Å². The fraction of sp³-hybridized carbons (Fsp3) is 0.429. The van der Waals surface area contributed by atoms with Gasteiger partial charge < -0.3 is 15.4 Å². The lowest BCUT2D eigenvalue weighted by Crippen LogP contribution is -2.43. The van der Waals surface area contributed by atoms with Crippen LogP contribution in [0.25, 0.3) is 0 Å². The van der Waals surface area contributed by atoms with Gasteiger partial charge in [0.15, 0.2) is 0 Å². The number of nitrogens with one attached hydrogen (secondary N) is 2. The number of ether oxygens (including phenoxy) is 1. The van der Waals surface area contributed by atoms with E-state index in [2.05, 4.69) is 42.5 Å². The molecule has 0 aromatic heterocycles. The van der Waals surface area contributed by atoms with Crippen LogP contribution in [0.2, 0.25) is 0 Å². The van der Waals surface area contributed by atoms with E-state index in [9.17, 15) is 9.59 Å². The molecule has 5 nitrogen and oxygen atoms in total. The molecule has 0 radical (unpaired) electrons. The van der Waals surface area contributed by atoms with Gasteiger partial charge in [0, 0.05) is 8.95 Å². The van der Waals surface area contributed by atoms with E-state index in [-0.39, 0.29) is 11.9 Å². The Balaban J connectivity index is 2.25. The number of anilines is 1. The maximum atomic E-state index is 12.3. The molecule has 1 aromatic rings. The van der Waals surface area contributed by atoms with Crippen molar-refractivity contribution in [1.29, 1.82) is 0 Å². The number of hydrogen-bond acceptors (Lipinski definition) is 4. The Labute approximate surface area is 140 Å². The van der Waals surface area contributed by atoms with Crippen LogP contribution in [0.4, 0.5) is 5.69 Å². The first-order valence-electron chi connectivity index (χ1n) is 6.64. The zero-order chi connectivity index (χ0) is 15.4. The number of rotatable bonds is 3. The zero-order valence-electron chi connectivity index (χ0n) is 11.5. The SMILES string of the molecule is COC(=O)c1cc(Br)cc(Br)c1NC(=O)[C@H]1CCCCN1. The van der Waals surface area contributed by atoms with Gasteiger partial charge in [-0.2, -0.15) is 0 Å². The van der Waals surface area contributed by atoms with Crippen LogP contribution >= 0.6 is 31.9 Å². The van der Waals surface area contributed by atoms with Crippen LogP contribution in [-0.2, 0) is 9.53 Å². The summed E-state index contributed by atoms with van der Waals surface area (Å²) in [5, 5.41) is 6.00. The van der Waals surface area contributed by atoms with Gasteiger partial charge in [0.2, 0.25) is 5.91 Å². The molecule has 1 heterocycles. The average molecular weight is 420 g/mol. The molecule has 1 saturated heterocycles. The smallest absolute Gasteiger partial charge is 0.340 e. The van der Waals surface area contributed by atoms with Crippen LogP contribution in [0.1, 0.15) is 29.6 Å². The minimum absolute atomic E-state index is 0.136. The zero-order valence-corrected chi connectivity index (χ0v) is 14.7. The molecule has 114 valence electrons. The lowest BCUT2D eigenvalue weighted by atomic mass is 10.0. The van der Waals surface area contributed by atoms with Gasteiger partial charge >= 0.3 is 5.97 Å². The van der Waals surface area contributed by atoms with Crippen molar-refractivity contribution in [3.63, 3.8) is 0 Å². The predicted molar refractivity (Wildman–Crippen MR) is 87.5 cm³/mol. The molecule has 0 bridgehead atoms. The molecule has 2 rings (SSSR count). The van der Waals surface area contributed by atoms with E-state index < -0.39 is 5.97 Å². The summed E-state index contributed by atoms with van der Waals surface area (Å²) in [6.45, 7) is 0.837. The second-order valence-electron chi connectivity index (χ2n) is 4.79. The van der Waals surface area contributed by atoms with Crippen molar-refractivity contribution < 1.29 is 14.3 Å². The van der Waals surface area contributed by atoms with Crippen molar-refractivity contribution in [2.75, 3.05) is 19.0 Å². The minimum Gasteiger partial charge on any atom is -0.465 e. The second-order valence-corrected chi connectivity index (χ2v) is 6.56. The van der Waals surface area contributed by atoms with Crippen molar-refractivity contribution in [2.45, 2.75) is 25.3 Å². The Morgan fingerprint density at radius 1 is 1.33 bits per heavy atom. The molecule has 21 heavy (non-hydrogen) atoms. The van der Waals surface area contributed by atoms with Gasteiger partial charge in [-0.1, -0.05) is 22.4 Å². The number of benzene rings is 1. The lowest BCUT2D eigenvalue weighted by molar-refractivity contribution is -0.118. The highest BCUT2D eigenvalue weighted by atomic mass is 79.9. The van der Waals surface area contributed by atoms with E-state index in [0.717, 1.165) is 30.3 Å². The summed E-state index contributed by atoms with van der Waals surface area (Å²) in [6.07, 6.45) is 2.91. The summed E-state index contributed by atoms with van der Waals surface area (Å²) in [4.78, 5) is 24.2. The van der Waals surface area contributed by atoms with Crippen LogP contribution in [0, 0.1) is 0 Å². The standard InChI is InChI=1S/C14H16Br2N2O3/c1-21-14(20)9-6-8(15)7-10(16)12(9)18-13(19)11-4-2-3-5-17-11/h6-7,11,17H,2-5H2,1H3,(H,18,19)/t11-/m1/s1. The normalized spacial score (nSPS) is 18.1. The van der Waals surface area contributed by atoms with E-state index in [1.807, 2.05) is 0 Å². The topological polar surface area (TPSA) is 67.4 Å². The third-order valence-corrected chi connectivity index (χ3v) is 4.42. The number of methoxy groups -OCH3 is 1. The first-order chi connectivity index (χ1) is 10.0. The third kappa shape index (κ3) is 4.05. The van der Waals surface area contributed by atoms with Crippen LogP contribution in [0.15, 0.2) is 21.1 Å². The number of halogens is 2. The quantitative estimate of drug-likeness (QED) is 0.738. The van der Waals surface area contributed by atoms with Crippen molar-refractivity contribution >= 4 is 49.4 Å². The predicted octanol–water partition coefficient (Wildman–Crippen LogP) is 3.08. The van der Waals surface area contributed by atoms with Gasteiger partial charge in [-0.25, -0.2) is 4.79 Å². The van der Waals surface area contributed by atoms with Gasteiger partial charge in [0.05, 0.1) is 24.4 Å². The summed E-state index contributed by atoms with van der Waals surface area (Å²) in [6, 6.07) is 3.18. The summed E-state index contributed by atoms with van der Waals surface area (Å²) in [5.41, 5.74) is 0.741. The molecule has 0 unspecified atom stereocenters. The Hall–Kier alpha value is -0.920. The van der Waals surface area contributed by atoms with Gasteiger partial charge in [-0.05, 0) is 47.4 Å². The fourth-order valence-electron chi connectivity index (χ4n) is 2.26. The molecule has 7 heteroatoms. The highest BCUT2D eigenvalue weighted by Crippen LogP contribution is 2.31. The molecular weight excluding hydrogens is 404 g/mol. The number of esters is 1. The van der Waals surface area contributed by atoms with Gasteiger partial charge in [0.1, 0.15) is 0 Å². The monoisotopic (exact) mass is 418 g/mol. The van der Waals surface area contributed by atoms with Crippen molar-refractivity contribution in [1.82, 2.24) is 5.32 Å². The number of hydrogen-bond donors (Lipinski definition) is 2. The first-order valence-corrected chi connectivity index (χ1v) is 8.23.